The summed E-state index contributed by atoms with van der Waals surface area (Å²) in [5.41, 5.74) is 0.675. The van der Waals surface area contributed by atoms with Gasteiger partial charge in [0.2, 0.25) is 0 Å². The number of benzene rings is 3. The summed E-state index contributed by atoms with van der Waals surface area (Å²) in [5, 5.41) is 22.9. The molecule has 1 spiro atoms. The van der Waals surface area contributed by atoms with E-state index in [9.17, 15) is 19.8 Å². The molecule has 10 heteroatoms. The summed E-state index contributed by atoms with van der Waals surface area (Å²) >= 11 is 0. The van der Waals surface area contributed by atoms with Crippen LogP contribution in [-0.4, -0.2) is 55.6 Å². The van der Waals surface area contributed by atoms with Gasteiger partial charge in [-0.05, 0) is 42.5 Å². The Balaban J connectivity index is 0.00000304. The number of amides is 1. The molecule has 5 rings (SSSR count). The molecule has 188 valence electrons. The molecule has 0 fully saturated rings. The molecule has 0 bridgehead atoms. The fraction of sp³-hybridized carbons (Fsp3) is 0.231. The molecule has 2 aliphatic heterocycles. The molecule has 0 saturated carbocycles. The Morgan fingerprint density at radius 1 is 0.917 bits per heavy atom. The molecule has 0 saturated heterocycles. The third kappa shape index (κ3) is 4.11. The summed E-state index contributed by atoms with van der Waals surface area (Å²) in [6.07, 6.45) is 0. The number of rotatable bonds is 7. The molecule has 3 aromatic carbocycles. The lowest BCUT2D eigenvalue weighted by atomic mass is 9.77. The minimum atomic E-state index is -1.42. The largest absolute Gasteiger partial charge is 0.508 e. The van der Waals surface area contributed by atoms with Crippen molar-refractivity contribution in [1.82, 2.24) is 11.5 Å². The zero-order valence-corrected chi connectivity index (χ0v) is 19.6. The van der Waals surface area contributed by atoms with E-state index in [0.717, 1.165) is 0 Å². The van der Waals surface area contributed by atoms with Gasteiger partial charge < -0.3 is 40.6 Å². The molecule has 0 atom stereocenters. The zero-order chi connectivity index (χ0) is 24.6. The molecule has 0 unspecified atom stereocenters. The number of fused-ring (bicyclic) bond motifs is 6. The monoisotopic (exact) mass is 494 g/mol. The van der Waals surface area contributed by atoms with Gasteiger partial charge in [0.25, 0.3) is 5.91 Å². The standard InChI is InChI=1S/C26H23NO8.H3N/c1-32-10-11-33-9-8-27-24(30)15-2-5-18-21(12-15)26(35-25(18)31)19-6-3-16(28)13-22(19)34-23-14-17(29)4-7-20(23)26;/h2-7,12-14,28-29H,8-11H2,1H3,(H,27,30);1H3. The molecule has 2 heterocycles. The summed E-state index contributed by atoms with van der Waals surface area (Å²) in [6, 6.07) is 13.8. The van der Waals surface area contributed by atoms with Crippen LogP contribution in [0.4, 0.5) is 0 Å². The summed E-state index contributed by atoms with van der Waals surface area (Å²) in [5.74, 6) is -0.417. The van der Waals surface area contributed by atoms with Crippen LogP contribution < -0.4 is 16.2 Å². The van der Waals surface area contributed by atoms with Crippen molar-refractivity contribution in [3.8, 4) is 23.0 Å². The number of nitrogens with one attached hydrogen (secondary N) is 1. The number of carbonyl (C=O) groups excluding carboxylic acids is 2. The molecular weight excluding hydrogens is 468 g/mol. The van der Waals surface area contributed by atoms with Crippen LogP contribution in [0.3, 0.4) is 0 Å². The topological polar surface area (TPSA) is 159 Å². The zero-order valence-electron chi connectivity index (χ0n) is 19.6. The first-order valence-electron chi connectivity index (χ1n) is 11.0. The van der Waals surface area contributed by atoms with Crippen LogP contribution in [0.1, 0.15) is 37.4 Å². The number of hydrogen-bond acceptors (Lipinski definition) is 9. The smallest absolute Gasteiger partial charge is 0.340 e. The Kier molecular flexibility index (Phi) is 6.84. The normalized spacial score (nSPS) is 14.1. The number of methoxy groups -OCH3 is 1. The van der Waals surface area contributed by atoms with Crippen molar-refractivity contribution in [2.24, 2.45) is 0 Å². The first-order chi connectivity index (χ1) is 16.9. The van der Waals surface area contributed by atoms with Crippen molar-refractivity contribution >= 4 is 11.9 Å². The molecule has 36 heavy (non-hydrogen) atoms. The van der Waals surface area contributed by atoms with E-state index in [1.807, 2.05) is 0 Å². The predicted molar refractivity (Wildman–Crippen MR) is 128 cm³/mol. The minimum Gasteiger partial charge on any atom is -0.508 e. The second kappa shape index (κ2) is 9.86. The minimum absolute atomic E-state index is 0. The molecule has 1 amide bonds. The highest BCUT2D eigenvalue weighted by molar-refractivity contribution is 6.00. The van der Waals surface area contributed by atoms with Crippen molar-refractivity contribution in [3.05, 3.63) is 82.4 Å². The lowest BCUT2D eigenvalue weighted by Crippen LogP contribution is -2.33. The summed E-state index contributed by atoms with van der Waals surface area (Å²) < 4.78 is 22.2. The van der Waals surface area contributed by atoms with Crippen molar-refractivity contribution in [2.75, 3.05) is 33.5 Å². The first kappa shape index (κ1) is 25.0. The number of hydrogen-bond donors (Lipinski definition) is 4. The van der Waals surface area contributed by atoms with Gasteiger partial charge in [0.1, 0.15) is 23.0 Å². The van der Waals surface area contributed by atoms with Crippen LogP contribution in [0.15, 0.2) is 54.6 Å². The Bertz CT molecular complexity index is 1270. The van der Waals surface area contributed by atoms with Gasteiger partial charge in [0.05, 0.1) is 25.4 Å². The maximum absolute atomic E-state index is 13.0. The van der Waals surface area contributed by atoms with E-state index in [1.54, 1.807) is 37.4 Å². The van der Waals surface area contributed by atoms with E-state index in [2.05, 4.69) is 5.32 Å². The summed E-state index contributed by atoms with van der Waals surface area (Å²) in [4.78, 5) is 25.8. The average Bonchev–Trinajstić information content (AvgIpc) is 3.13. The average molecular weight is 495 g/mol. The Morgan fingerprint density at radius 2 is 1.58 bits per heavy atom. The van der Waals surface area contributed by atoms with Crippen LogP contribution in [-0.2, 0) is 19.8 Å². The fourth-order valence-corrected chi connectivity index (χ4v) is 4.42. The van der Waals surface area contributed by atoms with Gasteiger partial charge >= 0.3 is 5.97 Å². The lowest BCUT2D eigenvalue weighted by Gasteiger charge is -2.36. The number of phenols is 2. The second-order valence-electron chi connectivity index (χ2n) is 8.16. The highest BCUT2D eigenvalue weighted by Gasteiger charge is 2.53. The molecule has 0 aromatic heterocycles. The van der Waals surface area contributed by atoms with E-state index in [0.29, 0.717) is 54.2 Å². The predicted octanol–water partition coefficient (Wildman–Crippen LogP) is 3.22. The van der Waals surface area contributed by atoms with Crippen molar-refractivity contribution in [3.63, 3.8) is 0 Å². The lowest BCUT2D eigenvalue weighted by molar-refractivity contribution is 0.0224. The third-order valence-electron chi connectivity index (χ3n) is 6.00. The van der Waals surface area contributed by atoms with E-state index in [4.69, 9.17) is 18.9 Å². The maximum Gasteiger partial charge on any atom is 0.340 e. The number of aromatic hydroxyl groups is 2. The van der Waals surface area contributed by atoms with Crippen molar-refractivity contribution in [1.29, 1.82) is 0 Å². The maximum atomic E-state index is 13.0. The molecule has 10 nitrogen and oxygen atoms in total. The van der Waals surface area contributed by atoms with Crippen LogP contribution >= 0.6 is 0 Å². The van der Waals surface area contributed by atoms with E-state index < -0.39 is 11.6 Å². The number of carbonyl (C=O) groups is 2. The fourth-order valence-electron chi connectivity index (χ4n) is 4.42. The Morgan fingerprint density at radius 3 is 2.22 bits per heavy atom. The highest BCUT2D eigenvalue weighted by Crippen LogP contribution is 2.57. The van der Waals surface area contributed by atoms with Crippen LogP contribution in [0, 0.1) is 0 Å². The van der Waals surface area contributed by atoms with E-state index in [1.165, 1.54) is 24.3 Å². The molecule has 2 aliphatic rings. The van der Waals surface area contributed by atoms with Gasteiger partial charge in [-0.1, -0.05) is 0 Å². The van der Waals surface area contributed by atoms with Crippen LogP contribution in [0.25, 0.3) is 0 Å². The van der Waals surface area contributed by atoms with Gasteiger partial charge in [-0.3, -0.25) is 4.79 Å². The van der Waals surface area contributed by atoms with Crippen molar-refractivity contribution in [2.45, 2.75) is 5.60 Å². The second-order valence-corrected chi connectivity index (χ2v) is 8.16. The van der Waals surface area contributed by atoms with Crippen LogP contribution in [0.5, 0.6) is 23.0 Å². The van der Waals surface area contributed by atoms with Gasteiger partial charge in [0, 0.05) is 48.0 Å². The number of phenolic OH excluding ortho intramolecular Hbond substituents is 2. The van der Waals surface area contributed by atoms with Gasteiger partial charge in [-0.25, -0.2) is 4.79 Å². The van der Waals surface area contributed by atoms with Crippen LogP contribution in [0.2, 0.25) is 0 Å². The molecule has 0 aliphatic carbocycles. The SMILES string of the molecule is COCCOCCNC(=O)c1ccc2c(c1)C1(OC2=O)c2ccc(O)cc2Oc2cc(O)ccc21.N. The molecule has 0 radical (unpaired) electrons. The van der Waals surface area contributed by atoms with E-state index in [-0.39, 0.29) is 35.1 Å². The number of ether oxygens (including phenoxy) is 4. The van der Waals surface area contributed by atoms with Gasteiger partial charge in [-0.2, -0.15) is 0 Å². The van der Waals surface area contributed by atoms with Gasteiger partial charge in [-0.15, -0.1) is 0 Å². The summed E-state index contributed by atoms with van der Waals surface area (Å²) in [7, 11) is 1.58. The third-order valence-corrected chi connectivity index (χ3v) is 6.00. The Hall–Kier alpha value is -4.12. The first-order valence-corrected chi connectivity index (χ1v) is 11.0. The molecular formula is C26H26N2O8. The van der Waals surface area contributed by atoms with E-state index >= 15 is 0 Å². The number of esters is 1. The quantitative estimate of drug-likeness (QED) is 0.286. The molecule has 3 aromatic rings. The van der Waals surface area contributed by atoms with Crippen molar-refractivity contribution < 1.29 is 38.7 Å². The Labute approximate surface area is 207 Å². The highest BCUT2D eigenvalue weighted by atomic mass is 16.6. The van der Waals surface area contributed by atoms with Gasteiger partial charge in [0.15, 0.2) is 5.60 Å². The summed E-state index contributed by atoms with van der Waals surface area (Å²) in [6.45, 7) is 1.53. The molecule has 6 N–H and O–H groups in total.